The van der Waals surface area contributed by atoms with E-state index in [0.29, 0.717) is 11.6 Å². The molecule has 0 unspecified atom stereocenters. The molecule has 0 radical (unpaired) electrons. The minimum absolute atomic E-state index is 0.0663. The first-order valence-corrected chi connectivity index (χ1v) is 7.45. The molecule has 0 aromatic heterocycles. The van der Waals surface area contributed by atoms with E-state index in [-0.39, 0.29) is 17.7 Å². The Kier molecular flexibility index (Phi) is 5.94. The third-order valence-corrected chi connectivity index (χ3v) is 3.59. The molecule has 1 atom stereocenters. The van der Waals surface area contributed by atoms with Gasteiger partial charge in [-0.2, -0.15) is 0 Å². The summed E-state index contributed by atoms with van der Waals surface area (Å²) in [6.45, 7) is 0. The van der Waals surface area contributed by atoms with Gasteiger partial charge in [0.1, 0.15) is 17.7 Å². The lowest BCUT2D eigenvalue weighted by Gasteiger charge is -2.15. The van der Waals surface area contributed by atoms with Crippen molar-refractivity contribution >= 4 is 17.6 Å². The number of carbonyl (C=O) groups excluding carboxylic acids is 1. The number of nitro groups is 1. The van der Waals surface area contributed by atoms with E-state index in [9.17, 15) is 33.6 Å². The number of amides is 1. The largest absolute Gasteiger partial charge is 0.480 e. The van der Waals surface area contributed by atoms with Gasteiger partial charge in [-0.3, -0.25) is 14.9 Å². The molecule has 0 aliphatic heterocycles. The topological polar surface area (TPSA) is 110 Å². The van der Waals surface area contributed by atoms with Crippen LogP contribution in [0, 0.1) is 21.7 Å². The molecule has 0 fully saturated rings. The second-order valence-electron chi connectivity index (χ2n) is 5.50. The lowest BCUT2D eigenvalue weighted by Crippen LogP contribution is -2.43. The summed E-state index contributed by atoms with van der Waals surface area (Å²) in [4.78, 5) is 33.3. The molecule has 136 valence electrons. The highest BCUT2D eigenvalue weighted by Gasteiger charge is 2.21. The Morgan fingerprint density at radius 2 is 1.81 bits per heavy atom. The minimum atomic E-state index is -1.31. The number of non-ortho nitro benzene ring substituents is 1. The number of nitro benzene ring substituents is 1. The quantitative estimate of drug-likeness (QED) is 0.578. The van der Waals surface area contributed by atoms with Crippen LogP contribution >= 0.6 is 0 Å². The number of benzene rings is 2. The summed E-state index contributed by atoms with van der Waals surface area (Å²) in [5, 5.41) is 22.1. The molecule has 1 amide bonds. The maximum atomic E-state index is 13.6. The molecule has 26 heavy (non-hydrogen) atoms. The molecular formula is C17H14F2N2O5. The van der Waals surface area contributed by atoms with Crippen molar-refractivity contribution in [3.63, 3.8) is 0 Å². The van der Waals surface area contributed by atoms with Crippen LogP contribution in [0.5, 0.6) is 0 Å². The lowest BCUT2D eigenvalue weighted by molar-refractivity contribution is -0.384. The van der Waals surface area contributed by atoms with Crippen LogP contribution in [0.4, 0.5) is 14.5 Å². The summed E-state index contributed by atoms with van der Waals surface area (Å²) in [6, 6.07) is 6.67. The Morgan fingerprint density at radius 3 is 2.35 bits per heavy atom. The van der Waals surface area contributed by atoms with E-state index in [1.807, 2.05) is 0 Å². The lowest BCUT2D eigenvalue weighted by atomic mass is 10.0. The van der Waals surface area contributed by atoms with Crippen molar-refractivity contribution in [3.05, 3.63) is 75.3 Å². The Labute approximate surface area is 146 Å². The fourth-order valence-electron chi connectivity index (χ4n) is 2.27. The van der Waals surface area contributed by atoms with Gasteiger partial charge in [-0.05, 0) is 17.2 Å². The second-order valence-corrected chi connectivity index (χ2v) is 5.50. The number of nitrogens with zero attached hydrogens (tertiary/aromatic N) is 1. The number of rotatable bonds is 7. The normalized spacial score (nSPS) is 11.6. The van der Waals surface area contributed by atoms with Crippen LogP contribution in [0.3, 0.4) is 0 Å². The van der Waals surface area contributed by atoms with Crippen molar-refractivity contribution in [1.29, 1.82) is 0 Å². The summed E-state index contributed by atoms with van der Waals surface area (Å²) in [7, 11) is 0. The first-order valence-electron chi connectivity index (χ1n) is 7.45. The standard InChI is InChI=1S/C17H14F2N2O5/c18-12-4-3-11(14(19)9-12)8-16(22)20-15(17(23)24)7-10-1-5-13(6-2-10)21(25)26/h1-6,9,15H,7-8H2,(H,20,22)(H,23,24)/t15-/m1/s1. The van der Waals surface area contributed by atoms with E-state index in [1.54, 1.807) is 0 Å². The minimum Gasteiger partial charge on any atom is -0.480 e. The molecular weight excluding hydrogens is 350 g/mol. The molecule has 2 rings (SSSR count). The van der Waals surface area contributed by atoms with Gasteiger partial charge < -0.3 is 10.4 Å². The third kappa shape index (κ3) is 5.07. The number of hydrogen-bond acceptors (Lipinski definition) is 4. The van der Waals surface area contributed by atoms with Gasteiger partial charge in [0, 0.05) is 24.6 Å². The van der Waals surface area contributed by atoms with E-state index in [1.165, 1.54) is 24.3 Å². The second kappa shape index (κ2) is 8.15. The van der Waals surface area contributed by atoms with Crippen LogP contribution in [0.1, 0.15) is 11.1 Å². The van der Waals surface area contributed by atoms with Crippen LogP contribution in [0.25, 0.3) is 0 Å². The average molecular weight is 364 g/mol. The van der Waals surface area contributed by atoms with E-state index < -0.39 is 40.9 Å². The Morgan fingerprint density at radius 1 is 1.15 bits per heavy atom. The summed E-state index contributed by atoms with van der Waals surface area (Å²) in [5.74, 6) is -3.74. The number of carboxylic acids is 1. The van der Waals surface area contributed by atoms with Crippen molar-refractivity contribution in [1.82, 2.24) is 5.32 Å². The van der Waals surface area contributed by atoms with Crippen LogP contribution < -0.4 is 5.32 Å². The van der Waals surface area contributed by atoms with Gasteiger partial charge in [0.2, 0.25) is 5.91 Å². The number of halogens is 2. The fourth-order valence-corrected chi connectivity index (χ4v) is 2.27. The molecule has 2 N–H and O–H groups in total. The van der Waals surface area contributed by atoms with Gasteiger partial charge in [-0.1, -0.05) is 18.2 Å². The summed E-state index contributed by atoms with van der Waals surface area (Å²) >= 11 is 0. The fraction of sp³-hybridized carbons (Fsp3) is 0.176. The zero-order valence-electron chi connectivity index (χ0n) is 13.3. The van der Waals surface area contributed by atoms with Crippen LogP contribution in [-0.2, 0) is 22.4 Å². The van der Waals surface area contributed by atoms with E-state index in [2.05, 4.69) is 5.32 Å². The summed E-state index contributed by atoms with van der Waals surface area (Å²) in [5.41, 5.74) is 0.260. The predicted octanol–water partition coefficient (Wildman–Crippen LogP) is 2.23. The molecule has 9 heteroatoms. The Hall–Kier alpha value is -3.36. The molecule has 0 heterocycles. The van der Waals surface area contributed by atoms with Gasteiger partial charge in [0.15, 0.2) is 0 Å². The van der Waals surface area contributed by atoms with Gasteiger partial charge in [-0.15, -0.1) is 0 Å². The van der Waals surface area contributed by atoms with Crippen molar-refractivity contribution in [3.8, 4) is 0 Å². The number of carboxylic acid groups (broad SMARTS) is 1. The smallest absolute Gasteiger partial charge is 0.326 e. The van der Waals surface area contributed by atoms with E-state index >= 15 is 0 Å². The van der Waals surface area contributed by atoms with Crippen molar-refractivity contribution in [2.75, 3.05) is 0 Å². The predicted molar refractivity (Wildman–Crippen MR) is 86.4 cm³/mol. The number of carbonyl (C=O) groups is 2. The van der Waals surface area contributed by atoms with Crippen molar-refractivity contribution in [2.45, 2.75) is 18.9 Å². The highest BCUT2D eigenvalue weighted by molar-refractivity contribution is 5.85. The number of aliphatic carboxylic acids is 1. The number of nitrogens with one attached hydrogen (secondary N) is 1. The summed E-state index contributed by atoms with van der Waals surface area (Å²) < 4.78 is 26.4. The van der Waals surface area contributed by atoms with Crippen LogP contribution in [0.15, 0.2) is 42.5 Å². The zero-order chi connectivity index (χ0) is 19.3. The summed E-state index contributed by atoms with van der Waals surface area (Å²) in [6.07, 6.45) is -0.554. The molecule has 0 aliphatic rings. The average Bonchev–Trinajstić information content (AvgIpc) is 2.57. The third-order valence-electron chi connectivity index (χ3n) is 3.59. The first kappa shape index (κ1) is 19.0. The molecule has 2 aromatic rings. The van der Waals surface area contributed by atoms with E-state index in [4.69, 9.17) is 0 Å². The zero-order valence-corrected chi connectivity index (χ0v) is 13.3. The van der Waals surface area contributed by atoms with Crippen LogP contribution in [-0.4, -0.2) is 27.9 Å². The van der Waals surface area contributed by atoms with Gasteiger partial charge in [0.05, 0.1) is 11.3 Å². The number of hydrogen-bond donors (Lipinski definition) is 2. The molecule has 2 aromatic carbocycles. The van der Waals surface area contributed by atoms with Gasteiger partial charge in [0.25, 0.3) is 5.69 Å². The van der Waals surface area contributed by atoms with Crippen molar-refractivity contribution in [2.24, 2.45) is 0 Å². The molecule has 0 bridgehead atoms. The molecule has 0 spiro atoms. The SMILES string of the molecule is O=C(Cc1ccc(F)cc1F)N[C@H](Cc1ccc([N+](=O)[O-])cc1)C(=O)O. The Balaban J connectivity index is 2.04. The Bertz CT molecular complexity index is 840. The monoisotopic (exact) mass is 364 g/mol. The van der Waals surface area contributed by atoms with Crippen LogP contribution in [0.2, 0.25) is 0 Å². The maximum absolute atomic E-state index is 13.6. The van der Waals surface area contributed by atoms with Crippen molar-refractivity contribution < 1.29 is 28.4 Å². The van der Waals surface area contributed by atoms with Gasteiger partial charge in [-0.25, -0.2) is 13.6 Å². The first-order chi connectivity index (χ1) is 12.3. The van der Waals surface area contributed by atoms with Gasteiger partial charge >= 0.3 is 5.97 Å². The highest BCUT2D eigenvalue weighted by atomic mass is 19.1. The molecule has 0 saturated heterocycles. The molecule has 7 nitrogen and oxygen atoms in total. The van der Waals surface area contributed by atoms with E-state index in [0.717, 1.165) is 12.1 Å². The molecule has 0 aliphatic carbocycles. The molecule has 0 saturated carbocycles. The maximum Gasteiger partial charge on any atom is 0.326 e. The highest BCUT2D eigenvalue weighted by Crippen LogP contribution is 2.14.